The average Bonchev–Trinajstić information content (AvgIpc) is 0. The summed E-state index contributed by atoms with van der Waals surface area (Å²) in [5.41, 5.74) is 0. The van der Waals surface area contributed by atoms with Crippen LogP contribution in [0, 0.1) is 0 Å². The second-order valence-electron chi connectivity index (χ2n) is 0. The summed E-state index contributed by atoms with van der Waals surface area (Å²) in [6, 6.07) is 0. The molecule has 0 aromatic carbocycles. The van der Waals surface area contributed by atoms with Gasteiger partial charge in [-0.3, -0.25) is 0 Å². The third kappa shape index (κ3) is 71.2. The van der Waals surface area contributed by atoms with Gasteiger partial charge in [-0.05, 0) is 0 Å². The SMILES string of the molecule is O.O.[K+].[O-2].[O-2].[O-2].[V]. The summed E-state index contributed by atoms with van der Waals surface area (Å²) < 4.78 is 0. The van der Waals surface area contributed by atoms with E-state index in [1.165, 1.54) is 0 Å². The molecule has 0 saturated heterocycles. The van der Waals surface area contributed by atoms with Crippen LogP contribution in [0.3, 0.4) is 0 Å². The number of rotatable bonds is 0. The second kappa shape index (κ2) is 96.8. The molecule has 0 aliphatic rings. The van der Waals surface area contributed by atoms with Gasteiger partial charge in [0.05, 0.1) is 0 Å². The molecule has 7 heteroatoms. The van der Waals surface area contributed by atoms with Gasteiger partial charge in [-0.1, -0.05) is 0 Å². The van der Waals surface area contributed by atoms with E-state index in [0.717, 1.165) is 0 Å². The number of hydrogen-bond acceptors (Lipinski definition) is 0. The van der Waals surface area contributed by atoms with E-state index in [1.54, 1.807) is 0 Å². The van der Waals surface area contributed by atoms with Gasteiger partial charge in [0, 0.05) is 18.6 Å². The zero-order valence-corrected chi connectivity index (χ0v) is 8.19. The molecule has 0 spiro atoms. The van der Waals surface area contributed by atoms with Crippen LogP contribution in [0.25, 0.3) is 0 Å². The van der Waals surface area contributed by atoms with Gasteiger partial charge in [0.15, 0.2) is 0 Å². The van der Waals surface area contributed by atoms with E-state index in [2.05, 4.69) is 0 Å². The Bertz CT molecular complexity index is 8.04. The van der Waals surface area contributed by atoms with E-state index in [9.17, 15) is 0 Å². The minimum absolute atomic E-state index is 0. The van der Waals surface area contributed by atoms with Gasteiger partial charge in [-0.25, -0.2) is 0 Å². The Labute approximate surface area is 95.7 Å². The van der Waals surface area contributed by atoms with Crippen LogP contribution < -0.4 is 51.4 Å². The van der Waals surface area contributed by atoms with E-state index in [1.807, 2.05) is 0 Å². The van der Waals surface area contributed by atoms with Crippen LogP contribution in [0.1, 0.15) is 0 Å². The van der Waals surface area contributed by atoms with E-state index in [-0.39, 0.29) is 97.3 Å². The molecule has 0 aromatic rings. The second-order valence-corrected chi connectivity index (χ2v) is 0. The van der Waals surface area contributed by atoms with Crippen molar-refractivity contribution in [3.63, 3.8) is 0 Å². The van der Waals surface area contributed by atoms with Crippen molar-refractivity contribution in [2.24, 2.45) is 0 Å². The molecule has 0 heterocycles. The Morgan fingerprint density at radius 2 is 0.571 bits per heavy atom. The van der Waals surface area contributed by atoms with E-state index < -0.39 is 0 Å². The van der Waals surface area contributed by atoms with Gasteiger partial charge in [0.2, 0.25) is 0 Å². The fourth-order valence-corrected chi connectivity index (χ4v) is 0. The van der Waals surface area contributed by atoms with Crippen molar-refractivity contribution < 1.29 is 97.3 Å². The molecular formula is H4KO5V-5. The Hall–Kier alpha value is 2.02. The molecule has 45 valence electrons. The molecule has 4 N–H and O–H groups in total. The summed E-state index contributed by atoms with van der Waals surface area (Å²) >= 11 is 0. The fourth-order valence-electron chi connectivity index (χ4n) is 0. The van der Waals surface area contributed by atoms with Gasteiger partial charge in [0.25, 0.3) is 0 Å². The van der Waals surface area contributed by atoms with Crippen molar-refractivity contribution >= 4 is 0 Å². The predicted octanol–water partition coefficient (Wildman–Crippen LogP) is -5.00. The van der Waals surface area contributed by atoms with Crippen LogP contribution in [0.5, 0.6) is 0 Å². The first-order chi connectivity index (χ1) is 0. The first-order valence-electron chi connectivity index (χ1n) is 0. The first kappa shape index (κ1) is 142. The van der Waals surface area contributed by atoms with Crippen molar-refractivity contribution in [1.29, 1.82) is 0 Å². The quantitative estimate of drug-likeness (QED) is 0.323. The van der Waals surface area contributed by atoms with Crippen molar-refractivity contribution in [1.82, 2.24) is 0 Å². The molecule has 0 aliphatic carbocycles. The molecule has 0 fully saturated rings. The van der Waals surface area contributed by atoms with E-state index in [0.29, 0.717) is 0 Å². The van der Waals surface area contributed by atoms with Crippen LogP contribution in [-0.4, -0.2) is 11.0 Å². The molecule has 0 aromatic heterocycles. The third-order valence-electron chi connectivity index (χ3n) is 0. The Morgan fingerprint density at radius 3 is 0.571 bits per heavy atom. The van der Waals surface area contributed by atoms with Crippen molar-refractivity contribution in [2.45, 2.75) is 0 Å². The molecule has 0 bridgehead atoms. The zero-order chi connectivity index (χ0) is 0. The van der Waals surface area contributed by atoms with E-state index >= 15 is 0 Å². The van der Waals surface area contributed by atoms with Crippen LogP contribution in [-0.2, 0) is 35.0 Å². The predicted molar refractivity (Wildman–Crippen MR) is 9.29 cm³/mol. The maximum atomic E-state index is 0. The van der Waals surface area contributed by atoms with Crippen LogP contribution >= 0.6 is 0 Å². The molecule has 5 nitrogen and oxygen atoms in total. The summed E-state index contributed by atoms with van der Waals surface area (Å²) in [6.07, 6.45) is 0. The first-order valence-corrected chi connectivity index (χ1v) is 0. The van der Waals surface area contributed by atoms with Crippen molar-refractivity contribution in [3.05, 3.63) is 0 Å². The van der Waals surface area contributed by atoms with Gasteiger partial charge >= 0.3 is 51.4 Å². The van der Waals surface area contributed by atoms with Crippen LogP contribution in [0.2, 0.25) is 0 Å². The molecule has 1 radical (unpaired) electrons. The molecule has 0 amide bonds. The third-order valence-corrected chi connectivity index (χ3v) is 0. The minimum atomic E-state index is 0. The normalized spacial score (nSPS) is 0. The monoisotopic (exact) mass is 174 g/mol. The maximum absolute atomic E-state index is 0. The summed E-state index contributed by atoms with van der Waals surface area (Å²) in [5.74, 6) is 0. The smallest absolute Gasteiger partial charge is 1.00 e. The molecule has 0 saturated carbocycles. The summed E-state index contributed by atoms with van der Waals surface area (Å²) in [5, 5.41) is 0. The molecule has 0 atom stereocenters. The Kier molecular flexibility index (Phi) is 1970. The van der Waals surface area contributed by atoms with Gasteiger partial charge in [0.1, 0.15) is 0 Å². The Balaban J connectivity index is 0. The molecule has 0 rings (SSSR count). The topological polar surface area (TPSA) is 148 Å². The van der Waals surface area contributed by atoms with Crippen molar-refractivity contribution in [2.75, 3.05) is 0 Å². The largest absolute Gasteiger partial charge is 2.00 e. The fraction of sp³-hybridized carbons (Fsp3) is 0. The van der Waals surface area contributed by atoms with Crippen molar-refractivity contribution in [3.8, 4) is 0 Å². The standard InChI is InChI=1S/K.2H2O.3O.V/h;2*1H2;;;;/q+1;;;3*-2;. The van der Waals surface area contributed by atoms with Crippen LogP contribution in [0.15, 0.2) is 0 Å². The van der Waals surface area contributed by atoms with Gasteiger partial charge in [-0.2, -0.15) is 0 Å². The summed E-state index contributed by atoms with van der Waals surface area (Å²) in [4.78, 5) is 0. The number of hydrogen-bond donors (Lipinski definition) is 0. The summed E-state index contributed by atoms with van der Waals surface area (Å²) in [6.45, 7) is 0. The average molecular weight is 174 g/mol. The Morgan fingerprint density at radius 1 is 0.571 bits per heavy atom. The maximum Gasteiger partial charge on any atom is 1.00 e. The van der Waals surface area contributed by atoms with Gasteiger partial charge < -0.3 is 27.4 Å². The molecular weight excluding hydrogens is 170 g/mol. The molecule has 0 unspecified atom stereocenters. The minimum Gasteiger partial charge on any atom is -2.00 e. The van der Waals surface area contributed by atoms with Crippen LogP contribution in [0.4, 0.5) is 0 Å². The van der Waals surface area contributed by atoms with E-state index in [4.69, 9.17) is 0 Å². The molecule has 0 aliphatic heterocycles. The summed E-state index contributed by atoms with van der Waals surface area (Å²) in [7, 11) is 0. The molecule has 7 heavy (non-hydrogen) atoms. The van der Waals surface area contributed by atoms with Gasteiger partial charge in [-0.15, -0.1) is 0 Å². The zero-order valence-electron chi connectivity index (χ0n) is 3.67.